The lowest BCUT2D eigenvalue weighted by atomic mass is 9.95. The van der Waals surface area contributed by atoms with E-state index in [1.807, 2.05) is 36.4 Å². The number of nitrogens with zero attached hydrogens (tertiary/aromatic N) is 2. The molecule has 7 rings (SSSR count). The molecule has 14 heteroatoms. The van der Waals surface area contributed by atoms with Gasteiger partial charge in [-0.1, -0.05) is 59.6 Å². The highest BCUT2D eigenvalue weighted by Gasteiger charge is 2.30. The number of pyridine rings is 2. The average molecular weight is 731 g/mol. The number of hydrogen-bond donors (Lipinski definition) is 5. The predicted molar refractivity (Wildman–Crippen MR) is 193 cm³/mol. The number of hydrogen-bond acceptors (Lipinski definition) is 9. The largest absolute Gasteiger partial charge is 0.481 e. The SMILES string of the molecule is COc1nc(O[C@H]2CCc3c(-c4cccc(C(=O)Nc5ccc(CNC6CNC(=O)C6)cn5)c4Cl)cccc32)c(Cl)cc1CNC1CNC(=O)C1. The third kappa shape index (κ3) is 7.79. The third-order valence-corrected chi connectivity index (χ3v) is 10.1. The van der Waals surface area contributed by atoms with Gasteiger partial charge in [-0.15, -0.1) is 0 Å². The Bertz CT molecular complexity index is 1980. The van der Waals surface area contributed by atoms with E-state index in [1.165, 1.54) is 0 Å². The Balaban J connectivity index is 1.03. The third-order valence-electron chi connectivity index (χ3n) is 9.38. The standard InChI is InChI=1S/C37H37Cl2N7O5/c1-50-36-21(17-41-23-14-33(48)44-19-23)12-29(38)37(46-36)51-30-10-9-25-24(4-2-5-26(25)30)27-6-3-7-28(34(27)39)35(49)45-31-11-8-20(16-42-31)15-40-22-13-32(47)43-18-22/h2-8,11-12,16,22-23,30,40-41H,9-10,13-15,17-19H2,1H3,(H,43,47)(H,44,48)(H,42,45,49)/t22?,23?,30-/m0/s1. The molecule has 2 fully saturated rings. The van der Waals surface area contributed by atoms with Crippen LogP contribution in [0.3, 0.4) is 0 Å². The van der Waals surface area contributed by atoms with Crippen LogP contribution in [0.4, 0.5) is 5.82 Å². The molecule has 0 radical (unpaired) electrons. The van der Waals surface area contributed by atoms with E-state index in [-0.39, 0.29) is 41.8 Å². The summed E-state index contributed by atoms with van der Waals surface area (Å²) in [6.07, 6.45) is 3.70. The fourth-order valence-corrected chi connectivity index (χ4v) is 7.26. The van der Waals surface area contributed by atoms with Crippen LogP contribution in [0.25, 0.3) is 11.1 Å². The van der Waals surface area contributed by atoms with E-state index in [1.54, 1.807) is 31.5 Å². The maximum absolute atomic E-state index is 13.4. The lowest BCUT2D eigenvalue weighted by Crippen LogP contribution is -2.30. The first-order chi connectivity index (χ1) is 24.7. The van der Waals surface area contributed by atoms with E-state index in [0.29, 0.717) is 72.7 Å². The molecule has 1 aliphatic carbocycles. The Kier molecular flexibility index (Phi) is 10.4. The molecule has 2 saturated heterocycles. The van der Waals surface area contributed by atoms with Crippen LogP contribution in [-0.4, -0.2) is 60.0 Å². The maximum Gasteiger partial charge on any atom is 0.258 e. The van der Waals surface area contributed by atoms with Crippen LogP contribution in [0.15, 0.2) is 60.8 Å². The summed E-state index contributed by atoms with van der Waals surface area (Å²) < 4.78 is 12.0. The number of amides is 3. The molecule has 2 aromatic carbocycles. The van der Waals surface area contributed by atoms with Crippen molar-refractivity contribution in [1.29, 1.82) is 0 Å². The first-order valence-corrected chi connectivity index (χ1v) is 17.6. The molecule has 3 amide bonds. The number of anilines is 1. The van der Waals surface area contributed by atoms with Crippen molar-refractivity contribution in [2.45, 2.75) is 57.0 Å². The summed E-state index contributed by atoms with van der Waals surface area (Å²) in [6.45, 7) is 2.19. The Hall–Kier alpha value is -4.75. The van der Waals surface area contributed by atoms with Crippen molar-refractivity contribution in [3.8, 4) is 22.9 Å². The van der Waals surface area contributed by atoms with Gasteiger partial charge in [0, 0.05) is 68.4 Å². The summed E-state index contributed by atoms with van der Waals surface area (Å²) in [5.74, 6) is 0.775. The number of rotatable bonds is 12. The van der Waals surface area contributed by atoms with Gasteiger partial charge < -0.3 is 36.1 Å². The zero-order valence-corrected chi connectivity index (χ0v) is 29.4. The quantitative estimate of drug-likeness (QED) is 0.139. The fourth-order valence-electron chi connectivity index (χ4n) is 6.72. The second kappa shape index (κ2) is 15.2. The Morgan fingerprint density at radius 1 is 0.922 bits per heavy atom. The summed E-state index contributed by atoms with van der Waals surface area (Å²) in [4.78, 5) is 45.4. The van der Waals surface area contributed by atoms with E-state index in [2.05, 4.69) is 36.6 Å². The molecule has 4 aromatic rings. The molecule has 0 spiro atoms. The van der Waals surface area contributed by atoms with Crippen LogP contribution in [0.5, 0.6) is 11.8 Å². The number of fused-ring (bicyclic) bond motifs is 1. The normalized spacial score (nSPS) is 19.4. The molecule has 51 heavy (non-hydrogen) atoms. The van der Waals surface area contributed by atoms with Crippen molar-refractivity contribution in [3.63, 3.8) is 0 Å². The van der Waals surface area contributed by atoms with Gasteiger partial charge in [-0.05, 0) is 53.3 Å². The number of aromatic nitrogens is 2. The van der Waals surface area contributed by atoms with Gasteiger partial charge in [0.05, 0.1) is 17.7 Å². The van der Waals surface area contributed by atoms with Gasteiger partial charge in [0.1, 0.15) is 16.9 Å². The van der Waals surface area contributed by atoms with Crippen LogP contribution < -0.4 is 36.1 Å². The highest BCUT2D eigenvalue weighted by atomic mass is 35.5. The van der Waals surface area contributed by atoms with E-state index >= 15 is 0 Å². The number of nitrogens with one attached hydrogen (secondary N) is 5. The van der Waals surface area contributed by atoms with Gasteiger partial charge in [-0.3, -0.25) is 14.4 Å². The van der Waals surface area contributed by atoms with E-state index < -0.39 is 0 Å². The molecule has 2 unspecified atom stereocenters. The van der Waals surface area contributed by atoms with Gasteiger partial charge >= 0.3 is 0 Å². The molecular formula is C37H37Cl2N7O5. The molecule has 264 valence electrons. The zero-order chi connectivity index (χ0) is 35.5. The molecule has 0 bridgehead atoms. The van der Waals surface area contributed by atoms with Gasteiger partial charge in [0.25, 0.3) is 5.91 Å². The van der Waals surface area contributed by atoms with E-state index in [9.17, 15) is 14.4 Å². The monoisotopic (exact) mass is 729 g/mol. The van der Waals surface area contributed by atoms with Crippen LogP contribution >= 0.6 is 23.2 Å². The number of methoxy groups -OCH3 is 1. The highest BCUT2D eigenvalue weighted by molar-refractivity contribution is 6.37. The first kappa shape index (κ1) is 34.7. The Morgan fingerprint density at radius 2 is 1.65 bits per heavy atom. The molecule has 2 aliphatic heterocycles. The molecule has 5 N–H and O–H groups in total. The summed E-state index contributed by atoms with van der Waals surface area (Å²) in [5, 5.41) is 15.9. The minimum atomic E-state index is -0.369. The molecular weight excluding hydrogens is 693 g/mol. The molecule has 0 saturated carbocycles. The van der Waals surface area contributed by atoms with Crippen LogP contribution in [0, 0.1) is 0 Å². The van der Waals surface area contributed by atoms with Crippen molar-refractivity contribution in [1.82, 2.24) is 31.2 Å². The molecule has 4 heterocycles. The summed E-state index contributed by atoms with van der Waals surface area (Å²) in [7, 11) is 1.55. The molecule has 3 aliphatic rings. The second-order valence-electron chi connectivity index (χ2n) is 12.8. The average Bonchev–Trinajstić information content (AvgIpc) is 3.87. The minimum Gasteiger partial charge on any atom is -0.481 e. The van der Waals surface area contributed by atoms with Crippen molar-refractivity contribution < 1.29 is 23.9 Å². The van der Waals surface area contributed by atoms with E-state index in [4.69, 9.17) is 32.7 Å². The van der Waals surface area contributed by atoms with Crippen molar-refractivity contribution >= 4 is 46.7 Å². The van der Waals surface area contributed by atoms with Crippen LogP contribution in [0.1, 0.15) is 58.0 Å². The Morgan fingerprint density at radius 3 is 2.33 bits per heavy atom. The van der Waals surface area contributed by atoms with Gasteiger partial charge in [0.2, 0.25) is 23.6 Å². The predicted octanol–water partition coefficient (Wildman–Crippen LogP) is 4.73. The smallest absolute Gasteiger partial charge is 0.258 e. The topological polar surface area (TPSA) is 156 Å². The van der Waals surface area contributed by atoms with Crippen molar-refractivity contribution in [2.75, 3.05) is 25.5 Å². The zero-order valence-electron chi connectivity index (χ0n) is 27.9. The Labute approximate surface area is 305 Å². The van der Waals surface area contributed by atoms with Crippen molar-refractivity contribution in [2.24, 2.45) is 0 Å². The van der Waals surface area contributed by atoms with E-state index in [0.717, 1.165) is 39.8 Å². The summed E-state index contributed by atoms with van der Waals surface area (Å²) in [6, 6.07) is 16.9. The number of halogens is 2. The lowest BCUT2D eigenvalue weighted by Gasteiger charge is -2.18. The molecule has 3 atom stereocenters. The first-order valence-electron chi connectivity index (χ1n) is 16.8. The van der Waals surface area contributed by atoms with Gasteiger partial charge in [-0.25, -0.2) is 4.98 Å². The van der Waals surface area contributed by atoms with Crippen molar-refractivity contribution in [3.05, 3.63) is 98.7 Å². The fraction of sp³-hybridized carbons (Fsp3) is 0.324. The van der Waals surface area contributed by atoms with Gasteiger partial charge in [0.15, 0.2) is 0 Å². The lowest BCUT2D eigenvalue weighted by molar-refractivity contribution is -0.120. The number of carbonyl (C=O) groups is 3. The van der Waals surface area contributed by atoms with Crippen LogP contribution in [-0.2, 0) is 29.1 Å². The number of ether oxygens (including phenoxy) is 2. The molecule has 12 nitrogen and oxygen atoms in total. The minimum absolute atomic E-state index is 0.0260. The second-order valence-corrected chi connectivity index (χ2v) is 13.6. The summed E-state index contributed by atoms with van der Waals surface area (Å²) in [5.41, 5.74) is 5.76. The van der Waals surface area contributed by atoms with Crippen LogP contribution in [0.2, 0.25) is 10.0 Å². The highest BCUT2D eigenvalue weighted by Crippen LogP contribution is 2.43. The maximum atomic E-state index is 13.4. The number of carbonyl (C=O) groups excluding carboxylic acids is 3. The van der Waals surface area contributed by atoms with Gasteiger partial charge in [-0.2, -0.15) is 4.98 Å². The molecule has 2 aromatic heterocycles. The number of benzene rings is 2. The summed E-state index contributed by atoms with van der Waals surface area (Å²) >= 11 is 13.6.